The van der Waals surface area contributed by atoms with Crippen molar-refractivity contribution in [3.8, 4) is 0 Å². The highest BCUT2D eigenvalue weighted by Gasteiger charge is 2.28. The normalized spacial score (nSPS) is 16.0. The van der Waals surface area contributed by atoms with Crippen LogP contribution in [0.4, 0.5) is 4.79 Å². The lowest BCUT2D eigenvalue weighted by Crippen LogP contribution is -2.49. The fourth-order valence-corrected chi connectivity index (χ4v) is 2.59. The van der Waals surface area contributed by atoms with Gasteiger partial charge in [-0.25, -0.2) is 4.79 Å². The SMILES string of the molecule is CC(C)N(CCC(=O)O)C(=O)N1CCC(CC(N)=O)CC1. The van der Waals surface area contributed by atoms with Crippen LogP contribution in [0.15, 0.2) is 0 Å². The summed E-state index contributed by atoms with van der Waals surface area (Å²) in [5.41, 5.74) is 5.19. The van der Waals surface area contributed by atoms with Crippen LogP contribution >= 0.6 is 0 Å². The van der Waals surface area contributed by atoms with Crippen LogP contribution in [-0.2, 0) is 9.59 Å². The standard InChI is InChI=1S/C14H25N3O4/c1-10(2)17(8-5-13(19)20)14(21)16-6-3-11(4-7-16)9-12(15)18/h10-11H,3-9H2,1-2H3,(H2,15,18)(H,19,20). The van der Waals surface area contributed by atoms with Crippen LogP contribution in [0.3, 0.4) is 0 Å². The fraction of sp³-hybridized carbons (Fsp3) is 0.786. The minimum Gasteiger partial charge on any atom is -0.481 e. The summed E-state index contributed by atoms with van der Waals surface area (Å²) in [4.78, 5) is 37.4. The maximum atomic E-state index is 12.4. The van der Waals surface area contributed by atoms with Crippen LogP contribution in [0.5, 0.6) is 0 Å². The van der Waals surface area contributed by atoms with E-state index in [0.29, 0.717) is 19.5 Å². The number of primary amides is 1. The Balaban J connectivity index is 2.53. The van der Waals surface area contributed by atoms with Crippen LogP contribution in [0.2, 0.25) is 0 Å². The number of aliphatic carboxylic acids is 1. The highest BCUT2D eigenvalue weighted by molar-refractivity contribution is 5.76. The van der Waals surface area contributed by atoms with E-state index in [4.69, 9.17) is 10.8 Å². The molecule has 0 saturated carbocycles. The highest BCUT2D eigenvalue weighted by atomic mass is 16.4. The number of likely N-dealkylation sites (tertiary alicyclic amines) is 1. The quantitative estimate of drug-likeness (QED) is 0.759. The van der Waals surface area contributed by atoms with Gasteiger partial charge in [-0.15, -0.1) is 0 Å². The first-order valence-corrected chi connectivity index (χ1v) is 7.37. The van der Waals surface area contributed by atoms with E-state index in [1.165, 1.54) is 0 Å². The third kappa shape index (κ3) is 5.61. The Kier molecular flexibility index (Phi) is 6.45. The van der Waals surface area contributed by atoms with Gasteiger partial charge in [0.25, 0.3) is 0 Å². The Labute approximate surface area is 125 Å². The van der Waals surface area contributed by atoms with Gasteiger partial charge in [0, 0.05) is 32.1 Å². The molecule has 0 aromatic heterocycles. The summed E-state index contributed by atoms with van der Waals surface area (Å²) in [5, 5.41) is 8.76. The molecule has 0 spiro atoms. The van der Waals surface area contributed by atoms with Gasteiger partial charge < -0.3 is 20.6 Å². The van der Waals surface area contributed by atoms with Crippen LogP contribution in [0.25, 0.3) is 0 Å². The van der Waals surface area contributed by atoms with E-state index in [2.05, 4.69) is 0 Å². The number of urea groups is 1. The smallest absolute Gasteiger partial charge is 0.320 e. The van der Waals surface area contributed by atoms with E-state index in [1.54, 1.807) is 9.80 Å². The van der Waals surface area contributed by atoms with Gasteiger partial charge in [0.1, 0.15) is 0 Å². The van der Waals surface area contributed by atoms with Crippen LogP contribution in [-0.4, -0.2) is 58.5 Å². The van der Waals surface area contributed by atoms with Crippen molar-refractivity contribution in [2.24, 2.45) is 11.7 Å². The minimum atomic E-state index is -0.909. The second kappa shape index (κ2) is 7.85. The molecule has 3 amide bonds. The molecule has 120 valence electrons. The lowest BCUT2D eigenvalue weighted by atomic mass is 9.93. The second-order valence-corrected chi connectivity index (χ2v) is 5.81. The Bertz CT molecular complexity index is 390. The van der Waals surface area contributed by atoms with E-state index in [0.717, 1.165) is 12.8 Å². The van der Waals surface area contributed by atoms with Gasteiger partial charge in [-0.2, -0.15) is 0 Å². The van der Waals surface area contributed by atoms with E-state index in [1.807, 2.05) is 13.8 Å². The molecular weight excluding hydrogens is 274 g/mol. The first-order chi connectivity index (χ1) is 9.81. The van der Waals surface area contributed by atoms with E-state index >= 15 is 0 Å². The molecule has 0 atom stereocenters. The molecule has 3 N–H and O–H groups in total. The molecule has 1 aliphatic rings. The summed E-state index contributed by atoms with van der Waals surface area (Å²) < 4.78 is 0. The number of hydrogen-bond donors (Lipinski definition) is 2. The molecule has 1 saturated heterocycles. The van der Waals surface area contributed by atoms with Crippen molar-refractivity contribution in [1.29, 1.82) is 0 Å². The Morgan fingerprint density at radius 3 is 2.29 bits per heavy atom. The fourth-order valence-electron chi connectivity index (χ4n) is 2.59. The molecule has 0 bridgehead atoms. The van der Waals surface area contributed by atoms with Crippen LogP contribution < -0.4 is 5.73 Å². The minimum absolute atomic E-state index is 0.0415. The van der Waals surface area contributed by atoms with Crippen molar-refractivity contribution < 1.29 is 19.5 Å². The molecule has 0 aromatic rings. The number of amides is 3. The van der Waals surface area contributed by atoms with Gasteiger partial charge in [0.15, 0.2) is 0 Å². The summed E-state index contributed by atoms with van der Waals surface area (Å²) in [7, 11) is 0. The topological polar surface area (TPSA) is 104 Å². The molecule has 0 unspecified atom stereocenters. The van der Waals surface area contributed by atoms with Gasteiger partial charge in [-0.3, -0.25) is 9.59 Å². The summed E-state index contributed by atoms with van der Waals surface area (Å²) in [6.07, 6.45) is 1.84. The number of hydrogen-bond acceptors (Lipinski definition) is 3. The molecule has 1 heterocycles. The number of carbonyl (C=O) groups excluding carboxylic acids is 2. The van der Waals surface area contributed by atoms with E-state index in [9.17, 15) is 14.4 Å². The van der Waals surface area contributed by atoms with Gasteiger partial charge in [0.05, 0.1) is 6.42 Å². The molecular formula is C14H25N3O4. The average molecular weight is 299 g/mol. The van der Waals surface area contributed by atoms with Crippen LogP contribution in [0, 0.1) is 5.92 Å². The molecule has 7 heteroatoms. The predicted octanol–water partition coefficient (Wildman–Crippen LogP) is 0.879. The molecule has 1 rings (SSSR count). The third-order valence-electron chi connectivity index (χ3n) is 3.81. The van der Waals surface area contributed by atoms with Crippen LogP contribution in [0.1, 0.15) is 39.5 Å². The maximum Gasteiger partial charge on any atom is 0.320 e. The summed E-state index contributed by atoms with van der Waals surface area (Å²) in [6, 6.07) is -0.163. The van der Waals surface area contributed by atoms with Crippen molar-refractivity contribution in [3.63, 3.8) is 0 Å². The lowest BCUT2D eigenvalue weighted by molar-refractivity contribution is -0.137. The van der Waals surface area contributed by atoms with E-state index < -0.39 is 5.97 Å². The maximum absolute atomic E-state index is 12.4. The second-order valence-electron chi connectivity index (χ2n) is 5.81. The monoisotopic (exact) mass is 299 g/mol. The molecule has 21 heavy (non-hydrogen) atoms. The van der Waals surface area contributed by atoms with Crippen molar-refractivity contribution in [3.05, 3.63) is 0 Å². The summed E-state index contributed by atoms with van der Waals surface area (Å²) in [5.74, 6) is -0.961. The van der Waals surface area contributed by atoms with Crippen molar-refractivity contribution in [2.75, 3.05) is 19.6 Å². The predicted molar refractivity (Wildman–Crippen MR) is 77.6 cm³/mol. The molecule has 0 aliphatic carbocycles. The van der Waals surface area contributed by atoms with Crippen molar-refractivity contribution in [1.82, 2.24) is 9.80 Å². The van der Waals surface area contributed by atoms with Gasteiger partial charge in [-0.05, 0) is 32.6 Å². The van der Waals surface area contributed by atoms with Gasteiger partial charge >= 0.3 is 12.0 Å². The third-order valence-corrected chi connectivity index (χ3v) is 3.81. The number of carboxylic acid groups (broad SMARTS) is 1. The number of nitrogens with two attached hydrogens (primary N) is 1. The molecule has 7 nitrogen and oxygen atoms in total. The number of piperidine rings is 1. The summed E-state index contributed by atoms with van der Waals surface area (Å²) in [6.45, 7) is 5.15. The molecule has 0 radical (unpaired) electrons. The highest BCUT2D eigenvalue weighted by Crippen LogP contribution is 2.21. The zero-order chi connectivity index (χ0) is 16.0. The Morgan fingerprint density at radius 1 is 1.29 bits per heavy atom. The molecule has 1 fully saturated rings. The molecule has 0 aromatic carbocycles. The average Bonchev–Trinajstić information content (AvgIpc) is 2.38. The van der Waals surface area contributed by atoms with Gasteiger partial charge in [-0.1, -0.05) is 0 Å². The Hall–Kier alpha value is -1.79. The number of rotatable bonds is 6. The van der Waals surface area contributed by atoms with Gasteiger partial charge in [0.2, 0.25) is 5.91 Å². The van der Waals surface area contributed by atoms with Crippen molar-refractivity contribution >= 4 is 17.9 Å². The Morgan fingerprint density at radius 2 is 1.86 bits per heavy atom. The largest absolute Gasteiger partial charge is 0.481 e. The number of carbonyl (C=O) groups is 3. The molecule has 1 aliphatic heterocycles. The zero-order valence-corrected chi connectivity index (χ0v) is 12.7. The van der Waals surface area contributed by atoms with E-state index in [-0.39, 0.29) is 36.9 Å². The first kappa shape index (κ1) is 17.3. The number of nitrogens with zero attached hydrogens (tertiary/aromatic N) is 2. The number of carboxylic acids is 1. The lowest BCUT2D eigenvalue weighted by Gasteiger charge is -2.37. The zero-order valence-electron chi connectivity index (χ0n) is 12.7. The van der Waals surface area contributed by atoms with Crippen molar-refractivity contribution in [2.45, 2.75) is 45.6 Å². The first-order valence-electron chi connectivity index (χ1n) is 7.37. The summed E-state index contributed by atoms with van der Waals surface area (Å²) >= 11 is 0.